The molecule has 3 rings (SSSR count). The van der Waals surface area contributed by atoms with E-state index in [2.05, 4.69) is 54.3 Å². The van der Waals surface area contributed by atoms with Gasteiger partial charge in [0.2, 0.25) is 0 Å². The van der Waals surface area contributed by atoms with Gasteiger partial charge in [0, 0.05) is 17.9 Å². The number of rotatable bonds is 2. The summed E-state index contributed by atoms with van der Waals surface area (Å²) in [5.74, 6) is 1.00. The Labute approximate surface area is 118 Å². The predicted octanol–water partition coefficient (Wildman–Crippen LogP) is 4.15. The van der Waals surface area contributed by atoms with Crippen molar-refractivity contribution < 1.29 is 0 Å². The average molecular weight is 268 g/mol. The maximum absolute atomic E-state index is 8.06. The van der Waals surface area contributed by atoms with E-state index in [1.54, 1.807) is 11.8 Å². The maximum Gasteiger partial charge on any atom is 0.160 e. The van der Waals surface area contributed by atoms with Gasteiger partial charge in [-0.2, -0.15) is 0 Å². The highest BCUT2D eigenvalue weighted by Crippen LogP contribution is 2.35. The minimum atomic E-state index is 0.655. The minimum absolute atomic E-state index is 0.655. The molecule has 96 valence electrons. The second-order valence-electron chi connectivity index (χ2n) is 4.69. The summed E-state index contributed by atoms with van der Waals surface area (Å²) in [6.07, 6.45) is 0. The van der Waals surface area contributed by atoms with Crippen molar-refractivity contribution in [3.63, 3.8) is 0 Å². The highest BCUT2D eigenvalue weighted by Gasteiger charge is 2.22. The van der Waals surface area contributed by atoms with E-state index in [1.165, 1.54) is 16.7 Å². The molecule has 3 heteroatoms. The Kier molecular flexibility index (Phi) is 3.30. The van der Waals surface area contributed by atoms with Crippen molar-refractivity contribution in [2.24, 2.45) is 0 Å². The van der Waals surface area contributed by atoms with Crippen LogP contribution < -0.4 is 4.90 Å². The maximum atomic E-state index is 8.06. The smallest absolute Gasteiger partial charge is 0.160 e. The summed E-state index contributed by atoms with van der Waals surface area (Å²) in [4.78, 5) is 2.11. The molecule has 1 heterocycles. The lowest BCUT2D eigenvalue weighted by Gasteiger charge is -2.21. The number of benzene rings is 2. The Morgan fingerprint density at radius 2 is 1.89 bits per heavy atom. The van der Waals surface area contributed by atoms with Gasteiger partial charge in [0.25, 0.3) is 0 Å². The van der Waals surface area contributed by atoms with E-state index in [0.29, 0.717) is 5.17 Å². The lowest BCUT2D eigenvalue weighted by atomic mass is 10.0. The molecule has 0 unspecified atom stereocenters. The van der Waals surface area contributed by atoms with Crippen LogP contribution in [0.15, 0.2) is 48.5 Å². The summed E-state index contributed by atoms with van der Waals surface area (Å²) in [7, 11) is 0. The van der Waals surface area contributed by atoms with Crippen LogP contribution >= 0.6 is 11.8 Å². The number of anilines is 1. The van der Waals surface area contributed by atoms with Crippen molar-refractivity contribution in [3.05, 3.63) is 54.1 Å². The van der Waals surface area contributed by atoms with Crippen LogP contribution in [0.25, 0.3) is 11.1 Å². The molecular weight excluding hydrogens is 252 g/mol. The van der Waals surface area contributed by atoms with Gasteiger partial charge in [-0.25, -0.2) is 0 Å². The van der Waals surface area contributed by atoms with E-state index < -0.39 is 0 Å². The number of hydrogen-bond donors (Lipinski definition) is 1. The Balaban J connectivity index is 2.12. The highest BCUT2D eigenvalue weighted by atomic mass is 32.2. The van der Waals surface area contributed by atoms with Gasteiger partial charge in [-0.15, -0.1) is 0 Å². The van der Waals surface area contributed by atoms with Gasteiger partial charge in [0.1, 0.15) is 0 Å². The summed E-state index contributed by atoms with van der Waals surface area (Å²) in [6, 6.07) is 16.9. The van der Waals surface area contributed by atoms with Gasteiger partial charge >= 0.3 is 0 Å². The number of nitrogens with zero attached hydrogens (tertiary/aromatic N) is 1. The van der Waals surface area contributed by atoms with Crippen molar-refractivity contribution in [2.75, 3.05) is 17.2 Å². The molecule has 2 aromatic carbocycles. The van der Waals surface area contributed by atoms with E-state index in [1.807, 2.05) is 6.07 Å². The zero-order valence-corrected chi connectivity index (χ0v) is 11.7. The van der Waals surface area contributed by atoms with Crippen LogP contribution in [0.1, 0.15) is 5.56 Å². The Bertz CT molecular complexity index is 607. The summed E-state index contributed by atoms with van der Waals surface area (Å²) in [6.45, 7) is 3.03. The molecule has 1 N–H and O–H groups in total. The third-order valence-electron chi connectivity index (χ3n) is 3.33. The summed E-state index contributed by atoms with van der Waals surface area (Å²) in [5.41, 5.74) is 4.81. The molecule has 0 aliphatic carbocycles. The molecule has 1 fully saturated rings. The molecule has 0 aromatic heterocycles. The quantitative estimate of drug-likeness (QED) is 0.886. The van der Waals surface area contributed by atoms with Crippen molar-refractivity contribution in [1.82, 2.24) is 0 Å². The fraction of sp³-hybridized carbons (Fsp3) is 0.188. The number of amidine groups is 1. The molecule has 0 spiro atoms. The molecule has 0 bridgehead atoms. The molecule has 0 atom stereocenters. The van der Waals surface area contributed by atoms with E-state index >= 15 is 0 Å². The normalized spacial score (nSPS) is 15.0. The summed E-state index contributed by atoms with van der Waals surface area (Å²) >= 11 is 1.62. The zero-order valence-electron chi connectivity index (χ0n) is 10.9. The first-order valence-electron chi connectivity index (χ1n) is 6.40. The monoisotopic (exact) mass is 268 g/mol. The lowest BCUT2D eigenvalue weighted by Crippen LogP contribution is -2.23. The molecule has 1 aliphatic rings. The topological polar surface area (TPSA) is 27.1 Å². The fourth-order valence-electron chi connectivity index (χ4n) is 2.37. The van der Waals surface area contributed by atoms with E-state index in [9.17, 15) is 0 Å². The van der Waals surface area contributed by atoms with Gasteiger partial charge < -0.3 is 4.90 Å². The molecule has 0 saturated carbocycles. The Morgan fingerprint density at radius 3 is 2.58 bits per heavy atom. The second kappa shape index (κ2) is 5.10. The van der Waals surface area contributed by atoms with Crippen molar-refractivity contribution in [1.29, 1.82) is 5.41 Å². The molecule has 1 aliphatic heterocycles. The van der Waals surface area contributed by atoms with Gasteiger partial charge in [0.05, 0.1) is 5.69 Å². The summed E-state index contributed by atoms with van der Waals surface area (Å²) < 4.78 is 0. The molecule has 2 nitrogen and oxygen atoms in total. The van der Waals surface area contributed by atoms with E-state index in [-0.39, 0.29) is 0 Å². The zero-order chi connectivity index (χ0) is 13.2. The van der Waals surface area contributed by atoms with Crippen molar-refractivity contribution in [2.45, 2.75) is 6.92 Å². The highest BCUT2D eigenvalue weighted by molar-refractivity contribution is 8.14. The van der Waals surface area contributed by atoms with Crippen LogP contribution in [0, 0.1) is 12.3 Å². The van der Waals surface area contributed by atoms with Gasteiger partial charge in [-0.3, -0.25) is 5.41 Å². The number of hydrogen-bond acceptors (Lipinski definition) is 2. The molecule has 0 radical (unpaired) electrons. The number of aryl methyl sites for hydroxylation is 1. The van der Waals surface area contributed by atoms with Crippen LogP contribution in [-0.4, -0.2) is 17.5 Å². The van der Waals surface area contributed by atoms with Crippen molar-refractivity contribution in [3.8, 4) is 11.1 Å². The van der Waals surface area contributed by atoms with E-state index in [0.717, 1.165) is 18.0 Å². The molecule has 2 aromatic rings. The lowest BCUT2D eigenvalue weighted by molar-refractivity contribution is 1.10. The first-order chi connectivity index (χ1) is 9.25. The number of thioether (sulfide) groups is 1. The minimum Gasteiger partial charge on any atom is -0.320 e. The number of nitrogens with one attached hydrogen (secondary N) is 1. The van der Waals surface area contributed by atoms with Gasteiger partial charge in [-0.1, -0.05) is 54.2 Å². The SMILES string of the molecule is Cc1ccc(-c2ccccc2)c(N2CCSC2=N)c1. The van der Waals surface area contributed by atoms with Crippen molar-refractivity contribution >= 4 is 22.6 Å². The Morgan fingerprint density at radius 1 is 1.11 bits per heavy atom. The largest absolute Gasteiger partial charge is 0.320 e. The third kappa shape index (κ3) is 2.38. The first-order valence-corrected chi connectivity index (χ1v) is 7.39. The third-order valence-corrected chi connectivity index (χ3v) is 4.21. The van der Waals surface area contributed by atoms with Crippen LogP contribution in [0.2, 0.25) is 0 Å². The fourth-order valence-corrected chi connectivity index (χ4v) is 3.18. The van der Waals surface area contributed by atoms with Crippen LogP contribution in [0.5, 0.6) is 0 Å². The molecule has 19 heavy (non-hydrogen) atoms. The van der Waals surface area contributed by atoms with Gasteiger partial charge in [0.15, 0.2) is 5.17 Å². The predicted molar refractivity (Wildman–Crippen MR) is 84.1 cm³/mol. The standard InChI is InChI=1S/C16H16N2S/c1-12-7-8-14(13-5-3-2-4-6-13)15(11-12)18-9-10-19-16(18)17/h2-8,11,17H,9-10H2,1H3. The Hall–Kier alpha value is -1.74. The van der Waals surface area contributed by atoms with E-state index in [4.69, 9.17) is 5.41 Å². The van der Waals surface area contributed by atoms with Gasteiger partial charge in [-0.05, 0) is 24.1 Å². The van der Waals surface area contributed by atoms with Crippen LogP contribution in [0.4, 0.5) is 5.69 Å². The second-order valence-corrected chi connectivity index (χ2v) is 5.78. The molecule has 0 amide bonds. The summed E-state index contributed by atoms with van der Waals surface area (Å²) in [5, 5.41) is 8.72. The van der Waals surface area contributed by atoms with Crippen LogP contribution in [-0.2, 0) is 0 Å². The molecular formula is C16H16N2S. The van der Waals surface area contributed by atoms with Crippen LogP contribution in [0.3, 0.4) is 0 Å². The average Bonchev–Trinajstić information content (AvgIpc) is 2.86. The first kappa shape index (κ1) is 12.3. The molecule has 1 saturated heterocycles.